The van der Waals surface area contributed by atoms with Crippen molar-refractivity contribution >= 4 is 38.9 Å². The van der Waals surface area contributed by atoms with Gasteiger partial charge in [0, 0.05) is 10.2 Å². The summed E-state index contributed by atoms with van der Waals surface area (Å²) in [5, 5.41) is 12.8. The van der Waals surface area contributed by atoms with Crippen LogP contribution < -0.4 is 5.32 Å². The van der Waals surface area contributed by atoms with E-state index in [1.54, 1.807) is 12.4 Å². The number of amides is 1. The molecule has 3 aromatic rings. The molecule has 0 spiro atoms. The Labute approximate surface area is 127 Å². The fraction of sp³-hybridized carbons (Fsp3) is 0. The van der Waals surface area contributed by atoms with E-state index in [0.29, 0.717) is 4.88 Å². The summed E-state index contributed by atoms with van der Waals surface area (Å²) >= 11 is 4.74. The van der Waals surface area contributed by atoms with E-state index in [1.807, 2.05) is 35.7 Å². The van der Waals surface area contributed by atoms with E-state index in [1.165, 1.54) is 16.1 Å². The van der Waals surface area contributed by atoms with Gasteiger partial charge in [-0.15, -0.1) is 11.3 Å². The Morgan fingerprint density at radius 1 is 1.15 bits per heavy atom. The standard InChI is InChI=1S/C13H9BrN4OS/c14-11-5-8-20-12(11)13(19)17-9-1-3-10(4-2-9)18-15-6-7-16-18/h1-8H,(H,17,19). The molecule has 0 aliphatic rings. The third-order valence-electron chi connectivity index (χ3n) is 2.60. The van der Waals surface area contributed by atoms with E-state index in [2.05, 4.69) is 31.4 Å². The van der Waals surface area contributed by atoms with E-state index < -0.39 is 0 Å². The van der Waals surface area contributed by atoms with E-state index in [4.69, 9.17) is 0 Å². The van der Waals surface area contributed by atoms with Crippen LogP contribution in [0.4, 0.5) is 5.69 Å². The molecule has 0 fully saturated rings. The lowest BCUT2D eigenvalue weighted by Crippen LogP contribution is -2.10. The Hall–Kier alpha value is -1.99. The zero-order chi connectivity index (χ0) is 13.9. The van der Waals surface area contributed by atoms with Gasteiger partial charge in [0.1, 0.15) is 4.88 Å². The molecule has 0 radical (unpaired) electrons. The first-order chi connectivity index (χ1) is 9.74. The zero-order valence-electron chi connectivity index (χ0n) is 10.2. The molecule has 1 N–H and O–H groups in total. The number of rotatable bonds is 3. The molecule has 0 saturated heterocycles. The van der Waals surface area contributed by atoms with Gasteiger partial charge < -0.3 is 5.32 Å². The van der Waals surface area contributed by atoms with Gasteiger partial charge in [-0.25, -0.2) is 0 Å². The maximum absolute atomic E-state index is 12.0. The van der Waals surface area contributed by atoms with Crippen molar-refractivity contribution in [3.05, 3.63) is 57.5 Å². The number of benzene rings is 1. The van der Waals surface area contributed by atoms with Gasteiger partial charge >= 0.3 is 0 Å². The van der Waals surface area contributed by atoms with Crippen molar-refractivity contribution in [2.75, 3.05) is 5.32 Å². The highest BCUT2D eigenvalue weighted by molar-refractivity contribution is 9.10. The quantitative estimate of drug-likeness (QED) is 0.789. The van der Waals surface area contributed by atoms with Gasteiger partial charge in [0.15, 0.2) is 0 Å². The third kappa shape index (κ3) is 2.63. The number of halogens is 1. The fourth-order valence-corrected chi connectivity index (χ4v) is 3.12. The summed E-state index contributed by atoms with van der Waals surface area (Å²) in [6.45, 7) is 0. The van der Waals surface area contributed by atoms with Gasteiger partial charge in [-0.3, -0.25) is 4.79 Å². The zero-order valence-corrected chi connectivity index (χ0v) is 12.6. The number of thiophene rings is 1. The molecule has 7 heteroatoms. The summed E-state index contributed by atoms with van der Waals surface area (Å²) in [4.78, 5) is 14.2. The van der Waals surface area contributed by atoms with Gasteiger partial charge in [0.2, 0.25) is 0 Å². The van der Waals surface area contributed by atoms with E-state index in [0.717, 1.165) is 15.8 Å². The minimum absolute atomic E-state index is 0.128. The number of carbonyl (C=O) groups is 1. The van der Waals surface area contributed by atoms with Crippen molar-refractivity contribution in [1.82, 2.24) is 15.0 Å². The van der Waals surface area contributed by atoms with E-state index >= 15 is 0 Å². The number of hydrogen-bond donors (Lipinski definition) is 1. The lowest BCUT2D eigenvalue weighted by Gasteiger charge is -2.05. The number of carbonyl (C=O) groups excluding carboxylic acids is 1. The van der Waals surface area contributed by atoms with Crippen molar-refractivity contribution in [3.63, 3.8) is 0 Å². The molecule has 1 amide bonds. The summed E-state index contributed by atoms with van der Waals surface area (Å²) < 4.78 is 0.803. The summed E-state index contributed by atoms with van der Waals surface area (Å²) in [5.74, 6) is -0.128. The molecule has 0 aliphatic heterocycles. The van der Waals surface area contributed by atoms with Crippen LogP contribution >= 0.6 is 27.3 Å². The molecule has 5 nitrogen and oxygen atoms in total. The first-order valence-corrected chi connectivity index (χ1v) is 7.42. The number of nitrogens with one attached hydrogen (secondary N) is 1. The molecule has 3 rings (SSSR count). The summed E-state index contributed by atoms with van der Waals surface area (Å²) in [6, 6.07) is 9.18. The molecule has 0 bridgehead atoms. The topological polar surface area (TPSA) is 59.8 Å². The van der Waals surface area contributed by atoms with Crippen molar-refractivity contribution in [2.24, 2.45) is 0 Å². The molecule has 100 valence electrons. The van der Waals surface area contributed by atoms with Crippen LogP contribution in [-0.4, -0.2) is 20.9 Å². The molecule has 20 heavy (non-hydrogen) atoms. The minimum Gasteiger partial charge on any atom is -0.321 e. The molecule has 2 aromatic heterocycles. The Morgan fingerprint density at radius 2 is 1.85 bits per heavy atom. The Morgan fingerprint density at radius 3 is 2.45 bits per heavy atom. The summed E-state index contributed by atoms with van der Waals surface area (Å²) in [5.41, 5.74) is 1.57. The van der Waals surface area contributed by atoms with Gasteiger partial charge in [-0.05, 0) is 51.6 Å². The number of hydrogen-bond acceptors (Lipinski definition) is 4. The number of nitrogens with zero attached hydrogens (tertiary/aromatic N) is 3. The number of aromatic nitrogens is 3. The molecule has 1 aromatic carbocycles. The highest BCUT2D eigenvalue weighted by atomic mass is 79.9. The van der Waals surface area contributed by atoms with Crippen LogP contribution in [0, 0.1) is 0 Å². The van der Waals surface area contributed by atoms with Gasteiger partial charge in [0.25, 0.3) is 5.91 Å². The predicted octanol–water partition coefficient (Wildman–Crippen LogP) is 3.34. The normalized spacial score (nSPS) is 10.4. The van der Waals surface area contributed by atoms with E-state index in [-0.39, 0.29) is 5.91 Å². The van der Waals surface area contributed by atoms with Crippen molar-refractivity contribution in [1.29, 1.82) is 0 Å². The highest BCUT2D eigenvalue weighted by Crippen LogP contribution is 2.23. The lowest BCUT2D eigenvalue weighted by atomic mass is 10.3. The maximum atomic E-state index is 12.0. The largest absolute Gasteiger partial charge is 0.321 e. The maximum Gasteiger partial charge on any atom is 0.266 e. The SMILES string of the molecule is O=C(Nc1ccc(-n2nccn2)cc1)c1sccc1Br. The van der Waals surface area contributed by atoms with E-state index in [9.17, 15) is 4.79 Å². The van der Waals surface area contributed by atoms with Crippen LogP contribution in [0.5, 0.6) is 0 Å². The van der Waals surface area contributed by atoms with Gasteiger partial charge in [-0.1, -0.05) is 0 Å². The average Bonchev–Trinajstić information content (AvgIpc) is 3.10. The van der Waals surface area contributed by atoms with Crippen molar-refractivity contribution in [3.8, 4) is 5.69 Å². The molecule has 0 aliphatic carbocycles. The van der Waals surface area contributed by atoms with Crippen LogP contribution in [-0.2, 0) is 0 Å². The van der Waals surface area contributed by atoms with Crippen LogP contribution in [0.1, 0.15) is 9.67 Å². The van der Waals surface area contributed by atoms with Crippen molar-refractivity contribution < 1.29 is 4.79 Å². The lowest BCUT2D eigenvalue weighted by molar-refractivity contribution is 0.103. The summed E-state index contributed by atoms with van der Waals surface area (Å²) in [6.07, 6.45) is 3.23. The fourth-order valence-electron chi connectivity index (χ4n) is 1.67. The summed E-state index contributed by atoms with van der Waals surface area (Å²) in [7, 11) is 0. The second-order valence-electron chi connectivity index (χ2n) is 3.92. The predicted molar refractivity (Wildman–Crippen MR) is 81.3 cm³/mol. The molecule has 0 saturated carbocycles. The average molecular weight is 349 g/mol. The monoisotopic (exact) mass is 348 g/mol. The molecular weight excluding hydrogens is 340 g/mol. The van der Waals surface area contributed by atoms with Crippen molar-refractivity contribution in [2.45, 2.75) is 0 Å². The number of anilines is 1. The molecule has 0 atom stereocenters. The molecular formula is C13H9BrN4OS. The highest BCUT2D eigenvalue weighted by Gasteiger charge is 2.11. The smallest absolute Gasteiger partial charge is 0.266 e. The molecule has 0 unspecified atom stereocenters. The Balaban J connectivity index is 1.76. The Bertz CT molecular complexity index is 721. The third-order valence-corrected chi connectivity index (χ3v) is 4.43. The Kier molecular flexibility index (Phi) is 3.62. The van der Waals surface area contributed by atoms with Gasteiger partial charge in [0.05, 0.1) is 18.1 Å². The van der Waals surface area contributed by atoms with Crippen LogP contribution in [0.15, 0.2) is 52.6 Å². The molecule has 2 heterocycles. The first-order valence-electron chi connectivity index (χ1n) is 5.75. The first kappa shape index (κ1) is 13.0. The second-order valence-corrected chi connectivity index (χ2v) is 5.69. The van der Waals surface area contributed by atoms with Crippen LogP contribution in [0.25, 0.3) is 5.69 Å². The van der Waals surface area contributed by atoms with Gasteiger partial charge in [-0.2, -0.15) is 15.0 Å². The van der Waals surface area contributed by atoms with Crippen LogP contribution in [0.3, 0.4) is 0 Å². The minimum atomic E-state index is -0.128. The van der Waals surface area contributed by atoms with Crippen LogP contribution in [0.2, 0.25) is 0 Å². The second kappa shape index (κ2) is 5.56.